The van der Waals surface area contributed by atoms with E-state index in [1.807, 2.05) is 24.3 Å². The fourth-order valence-electron chi connectivity index (χ4n) is 5.10. The summed E-state index contributed by atoms with van der Waals surface area (Å²) in [5.41, 5.74) is 3.51. The van der Waals surface area contributed by atoms with Gasteiger partial charge in [-0.15, -0.1) is 0 Å². The maximum atomic E-state index is 13.4. The standard InChI is InChI=1S/C29H30N4O5S/c1-32-12-9-24(10-13-32)38-25-4-2-3-21(15-25)28(34)27-16-22-18-33(19-23(22)17-31-27)39(35,36)26-7-5-20(6-8-26)29-30-11-14-37-29/h2-8,11,14-17,24,28,34H,9-10,12-13,18-19H2,1H3. The molecular weight excluding hydrogens is 516 g/mol. The van der Waals surface area contributed by atoms with Gasteiger partial charge in [0.15, 0.2) is 0 Å². The van der Waals surface area contributed by atoms with E-state index in [1.54, 1.807) is 42.7 Å². The fourth-order valence-corrected chi connectivity index (χ4v) is 6.49. The van der Waals surface area contributed by atoms with Gasteiger partial charge < -0.3 is 19.2 Å². The Morgan fingerprint density at radius 3 is 2.54 bits per heavy atom. The zero-order valence-electron chi connectivity index (χ0n) is 21.6. The minimum atomic E-state index is -3.73. The Labute approximate surface area is 227 Å². The molecule has 0 saturated carbocycles. The molecule has 10 heteroatoms. The van der Waals surface area contributed by atoms with E-state index >= 15 is 0 Å². The summed E-state index contributed by atoms with van der Waals surface area (Å²) in [6.45, 7) is 2.45. The van der Waals surface area contributed by atoms with Crippen LogP contribution in [-0.2, 0) is 23.1 Å². The van der Waals surface area contributed by atoms with Gasteiger partial charge in [-0.05, 0) is 79.0 Å². The molecule has 4 heterocycles. The van der Waals surface area contributed by atoms with Crippen LogP contribution in [0, 0.1) is 0 Å². The summed E-state index contributed by atoms with van der Waals surface area (Å²) in [6, 6.07) is 15.8. The molecule has 2 aromatic heterocycles. The molecule has 2 aromatic carbocycles. The molecule has 0 radical (unpaired) electrons. The maximum Gasteiger partial charge on any atom is 0.243 e. The van der Waals surface area contributed by atoms with E-state index in [1.165, 1.54) is 10.6 Å². The number of pyridine rings is 1. The van der Waals surface area contributed by atoms with Crippen molar-refractivity contribution in [2.24, 2.45) is 0 Å². The SMILES string of the molecule is CN1CCC(Oc2cccc(C(O)c3cc4c(cn3)CN(S(=O)(=O)c3ccc(-c5ncco5)cc3)C4)c2)CC1. The Kier molecular flexibility index (Phi) is 6.94. The van der Waals surface area contributed by atoms with Crippen molar-refractivity contribution in [3.8, 4) is 17.2 Å². The zero-order chi connectivity index (χ0) is 27.0. The van der Waals surface area contributed by atoms with Crippen LogP contribution in [0.3, 0.4) is 0 Å². The van der Waals surface area contributed by atoms with Gasteiger partial charge in [0.1, 0.15) is 24.2 Å². The lowest BCUT2D eigenvalue weighted by atomic mass is 10.0. The van der Waals surface area contributed by atoms with Gasteiger partial charge in [-0.3, -0.25) is 4.98 Å². The maximum absolute atomic E-state index is 13.4. The number of hydrogen-bond donors (Lipinski definition) is 1. The lowest BCUT2D eigenvalue weighted by molar-refractivity contribution is 0.114. The average Bonchev–Trinajstić information content (AvgIpc) is 3.65. The van der Waals surface area contributed by atoms with Gasteiger partial charge in [0.05, 0.1) is 16.8 Å². The number of oxazole rings is 1. The summed E-state index contributed by atoms with van der Waals surface area (Å²) in [5.74, 6) is 1.16. The highest BCUT2D eigenvalue weighted by Crippen LogP contribution is 2.32. The van der Waals surface area contributed by atoms with Crippen LogP contribution < -0.4 is 4.74 Å². The quantitative estimate of drug-likeness (QED) is 0.371. The van der Waals surface area contributed by atoms with Crippen molar-refractivity contribution < 1.29 is 22.7 Å². The van der Waals surface area contributed by atoms with Gasteiger partial charge in [0.2, 0.25) is 15.9 Å². The van der Waals surface area contributed by atoms with Crippen LogP contribution in [0.25, 0.3) is 11.5 Å². The summed E-state index contributed by atoms with van der Waals surface area (Å²) < 4.78 is 39.6. The molecule has 39 heavy (non-hydrogen) atoms. The highest BCUT2D eigenvalue weighted by Gasteiger charge is 2.32. The molecule has 6 rings (SSSR count). The van der Waals surface area contributed by atoms with Crippen LogP contribution in [0.15, 0.2) is 82.6 Å². The van der Waals surface area contributed by atoms with Gasteiger partial charge in [0.25, 0.3) is 0 Å². The number of aliphatic hydroxyl groups excluding tert-OH is 1. The van der Waals surface area contributed by atoms with Crippen molar-refractivity contribution in [2.45, 2.75) is 43.0 Å². The molecule has 1 saturated heterocycles. The van der Waals surface area contributed by atoms with Crippen molar-refractivity contribution in [2.75, 3.05) is 20.1 Å². The molecule has 0 bridgehead atoms. The first-order valence-electron chi connectivity index (χ1n) is 13.0. The lowest BCUT2D eigenvalue weighted by Crippen LogP contribution is -2.35. The van der Waals surface area contributed by atoms with E-state index in [0.717, 1.165) is 42.8 Å². The monoisotopic (exact) mass is 546 g/mol. The summed E-state index contributed by atoms with van der Waals surface area (Å²) in [6.07, 6.45) is 5.83. The van der Waals surface area contributed by atoms with E-state index in [0.29, 0.717) is 22.7 Å². The van der Waals surface area contributed by atoms with Gasteiger partial charge in [-0.2, -0.15) is 4.31 Å². The van der Waals surface area contributed by atoms with Crippen LogP contribution >= 0.6 is 0 Å². The van der Waals surface area contributed by atoms with Crippen LogP contribution in [0.2, 0.25) is 0 Å². The summed E-state index contributed by atoms with van der Waals surface area (Å²) >= 11 is 0. The van der Waals surface area contributed by atoms with Crippen LogP contribution in [-0.4, -0.2) is 58.9 Å². The second-order valence-electron chi connectivity index (χ2n) is 10.1. The van der Waals surface area contributed by atoms with E-state index in [9.17, 15) is 13.5 Å². The molecule has 0 aliphatic carbocycles. The predicted molar refractivity (Wildman–Crippen MR) is 144 cm³/mol. The van der Waals surface area contributed by atoms with E-state index in [-0.39, 0.29) is 24.1 Å². The number of rotatable bonds is 7. The molecule has 202 valence electrons. The van der Waals surface area contributed by atoms with Gasteiger partial charge in [-0.1, -0.05) is 12.1 Å². The highest BCUT2D eigenvalue weighted by atomic mass is 32.2. The molecule has 4 aromatic rings. The first-order valence-corrected chi connectivity index (χ1v) is 14.4. The third-order valence-corrected chi connectivity index (χ3v) is 9.20. The van der Waals surface area contributed by atoms with E-state index < -0.39 is 16.1 Å². The smallest absolute Gasteiger partial charge is 0.243 e. The molecule has 2 aliphatic heterocycles. The van der Waals surface area contributed by atoms with Gasteiger partial charge >= 0.3 is 0 Å². The van der Waals surface area contributed by atoms with Gasteiger partial charge in [-0.25, -0.2) is 13.4 Å². The molecule has 1 atom stereocenters. The second kappa shape index (κ2) is 10.5. The number of likely N-dealkylation sites (tertiary alicyclic amines) is 1. The van der Waals surface area contributed by atoms with Crippen LogP contribution in [0.4, 0.5) is 0 Å². The van der Waals surface area contributed by atoms with Crippen molar-refractivity contribution in [3.05, 3.63) is 95.6 Å². The Balaban J connectivity index is 1.15. The second-order valence-corrected chi connectivity index (χ2v) is 12.0. The molecule has 1 N–H and O–H groups in total. The number of benzene rings is 2. The number of hydrogen-bond acceptors (Lipinski definition) is 8. The normalized spacial score (nSPS) is 17.7. The first-order chi connectivity index (χ1) is 18.9. The lowest BCUT2D eigenvalue weighted by Gasteiger charge is -2.29. The van der Waals surface area contributed by atoms with Crippen molar-refractivity contribution in [3.63, 3.8) is 0 Å². The van der Waals surface area contributed by atoms with Crippen LogP contribution in [0.1, 0.15) is 41.3 Å². The van der Waals surface area contributed by atoms with Crippen molar-refractivity contribution in [1.29, 1.82) is 0 Å². The molecule has 0 spiro atoms. The predicted octanol–water partition coefficient (Wildman–Crippen LogP) is 4.00. The number of aromatic nitrogens is 2. The minimum absolute atomic E-state index is 0.164. The van der Waals surface area contributed by atoms with Crippen molar-refractivity contribution >= 4 is 10.0 Å². The van der Waals surface area contributed by atoms with Crippen LogP contribution in [0.5, 0.6) is 5.75 Å². The van der Waals surface area contributed by atoms with Gasteiger partial charge in [0, 0.05) is 37.9 Å². The Morgan fingerprint density at radius 1 is 1.03 bits per heavy atom. The number of sulfonamides is 1. The molecule has 0 amide bonds. The Hall–Kier alpha value is -3.57. The van der Waals surface area contributed by atoms with E-state index in [2.05, 4.69) is 21.9 Å². The average molecular weight is 547 g/mol. The third-order valence-electron chi connectivity index (χ3n) is 7.39. The topological polar surface area (TPSA) is 109 Å². The van der Waals surface area contributed by atoms with Crippen molar-refractivity contribution in [1.82, 2.24) is 19.2 Å². The fraction of sp³-hybridized carbons (Fsp3) is 0.310. The summed E-state index contributed by atoms with van der Waals surface area (Å²) in [5, 5.41) is 11.1. The highest BCUT2D eigenvalue weighted by molar-refractivity contribution is 7.89. The number of ether oxygens (including phenoxy) is 1. The summed E-state index contributed by atoms with van der Waals surface area (Å²) in [4.78, 5) is 11.1. The Morgan fingerprint density at radius 2 is 1.79 bits per heavy atom. The minimum Gasteiger partial charge on any atom is -0.490 e. The molecule has 1 unspecified atom stereocenters. The summed E-state index contributed by atoms with van der Waals surface area (Å²) in [7, 11) is -1.61. The molecular formula is C29H30N4O5S. The zero-order valence-corrected chi connectivity index (χ0v) is 22.4. The number of nitrogens with zero attached hydrogens (tertiary/aromatic N) is 4. The largest absolute Gasteiger partial charge is 0.490 e. The number of piperidine rings is 1. The molecule has 2 aliphatic rings. The molecule has 1 fully saturated rings. The van der Waals surface area contributed by atoms with E-state index in [4.69, 9.17) is 9.15 Å². The number of aliphatic hydroxyl groups is 1. The Bertz CT molecular complexity index is 1550. The molecule has 9 nitrogen and oxygen atoms in total. The first kappa shape index (κ1) is 25.7. The third kappa shape index (κ3) is 5.33. The number of fused-ring (bicyclic) bond motifs is 1.